The zero-order valence-corrected chi connectivity index (χ0v) is 16.8. The second kappa shape index (κ2) is 9.35. The highest BCUT2D eigenvalue weighted by molar-refractivity contribution is 7.89. The van der Waals surface area contributed by atoms with Crippen LogP contribution >= 0.6 is 0 Å². The van der Waals surface area contributed by atoms with Crippen LogP contribution in [0.5, 0.6) is 0 Å². The van der Waals surface area contributed by atoms with Crippen molar-refractivity contribution in [3.8, 4) is 0 Å². The monoisotopic (exact) mass is 441 g/mol. The number of piperidine rings is 1. The van der Waals surface area contributed by atoms with Gasteiger partial charge < -0.3 is 14.6 Å². The third-order valence-electron chi connectivity index (χ3n) is 4.76. The number of halogens is 2. The van der Waals surface area contributed by atoms with Gasteiger partial charge in [-0.1, -0.05) is 0 Å². The van der Waals surface area contributed by atoms with Gasteiger partial charge in [-0.3, -0.25) is 9.59 Å². The zero-order valence-electron chi connectivity index (χ0n) is 15.9. The molecule has 2 heterocycles. The van der Waals surface area contributed by atoms with E-state index in [0.29, 0.717) is 37.6 Å². The van der Waals surface area contributed by atoms with Crippen molar-refractivity contribution in [2.75, 3.05) is 19.6 Å². The van der Waals surface area contributed by atoms with E-state index in [9.17, 15) is 26.8 Å². The summed E-state index contributed by atoms with van der Waals surface area (Å²) in [5.41, 5.74) is 0.478. The van der Waals surface area contributed by atoms with Gasteiger partial charge in [0.2, 0.25) is 15.9 Å². The average Bonchev–Trinajstić information content (AvgIpc) is 3.24. The van der Waals surface area contributed by atoms with Gasteiger partial charge >= 0.3 is 0 Å². The Morgan fingerprint density at radius 2 is 1.87 bits per heavy atom. The summed E-state index contributed by atoms with van der Waals surface area (Å²) in [4.78, 5) is 25.6. The van der Waals surface area contributed by atoms with Crippen LogP contribution in [0.3, 0.4) is 0 Å². The topological polar surface area (TPSA) is 109 Å². The van der Waals surface area contributed by atoms with Gasteiger partial charge in [-0.25, -0.2) is 21.9 Å². The number of hydrogen-bond acceptors (Lipinski definition) is 5. The number of likely N-dealkylation sites (tertiary alicyclic amines) is 1. The van der Waals surface area contributed by atoms with Gasteiger partial charge in [-0.05, 0) is 37.1 Å². The van der Waals surface area contributed by atoms with Crippen molar-refractivity contribution in [2.24, 2.45) is 0 Å². The fraction of sp³-hybridized carbons (Fsp3) is 0.368. The lowest BCUT2D eigenvalue weighted by Gasteiger charge is -2.32. The van der Waals surface area contributed by atoms with Crippen LogP contribution in [0.15, 0.2) is 46.1 Å². The van der Waals surface area contributed by atoms with Gasteiger partial charge in [-0.2, -0.15) is 0 Å². The zero-order chi connectivity index (χ0) is 21.7. The second-order valence-corrected chi connectivity index (χ2v) is 8.64. The Morgan fingerprint density at radius 1 is 1.13 bits per heavy atom. The lowest BCUT2D eigenvalue weighted by molar-refractivity contribution is -0.121. The van der Waals surface area contributed by atoms with Gasteiger partial charge in [0.15, 0.2) is 11.6 Å². The maximum atomic E-state index is 13.2. The molecular formula is C19H21F2N3O5S. The molecule has 0 atom stereocenters. The Hall–Kier alpha value is -2.79. The van der Waals surface area contributed by atoms with Crippen LogP contribution in [0.1, 0.15) is 29.6 Å². The minimum absolute atomic E-state index is 0.114. The molecule has 0 saturated carbocycles. The molecule has 2 N–H and O–H groups in total. The average molecular weight is 441 g/mol. The molecule has 8 nitrogen and oxygen atoms in total. The molecule has 1 aliphatic heterocycles. The summed E-state index contributed by atoms with van der Waals surface area (Å²) in [6.45, 7) is 0.778. The van der Waals surface area contributed by atoms with Gasteiger partial charge in [0.1, 0.15) is 6.26 Å². The highest BCUT2D eigenvalue weighted by Crippen LogP contribution is 2.15. The van der Waals surface area contributed by atoms with Crippen LogP contribution < -0.4 is 10.0 Å². The van der Waals surface area contributed by atoms with Crippen molar-refractivity contribution in [3.63, 3.8) is 0 Å². The normalized spacial score (nSPS) is 15.2. The number of hydrogen-bond donors (Lipinski definition) is 2. The first-order chi connectivity index (χ1) is 14.3. The second-order valence-electron chi connectivity index (χ2n) is 6.87. The first-order valence-corrected chi connectivity index (χ1v) is 10.8. The van der Waals surface area contributed by atoms with Gasteiger partial charge in [-0.15, -0.1) is 0 Å². The Labute approximate surface area is 172 Å². The maximum absolute atomic E-state index is 13.2. The van der Waals surface area contributed by atoms with Crippen LogP contribution in [0, 0.1) is 11.6 Å². The number of amides is 2. The third-order valence-corrected chi connectivity index (χ3v) is 6.22. The number of carbonyl (C=O) groups excluding carboxylic acids is 2. The molecule has 1 aromatic carbocycles. The van der Waals surface area contributed by atoms with Crippen molar-refractivity contribution >= 4 is 21.8 Å². The molecule has 0 spiro atoms. The summed E-state index contributed by atoms with van der Waals surface area (Å²) < 4.78 is 57.4. The fourth-order valence-electron chi connectivity index (χ4n) is 3.12. The first kappa shape index (κ1) is 21.9. The number of rotatable bonds is 7. The molecule has 2 aromatic rings. The van der Waals surface area contributed by atoms with Crippen molar-refractivity contribution in [2.45, 2.75) is 30.2 Å². The summed E-state index contributed by atoms with van der Waals surface area (Å²) >= 11 is 0. The minimum atomic E-state index is -4.06. The predicted molar refractivity (Wildman–Crippen MR) is 102 cm³/mol. The molecule has 1 aromatic heterocycles. The van der Waals surface area contributed by atoms with E-state index in [1.165, 1.54) is 12.5 Å². The highest BCUT2D eigenvalue weighted by Gasteiger charge is 2.25. The molecule has 1 saturated heterocycles. The predicted octanol–water partition coefficient (Wildman–Crippen LogP) is 1.65. The first-order valence-electron chi connectivity index (χ1n) is 9.32. The Morgan fingerprint density at radius 3 is 2.50 bits per heavy atom. The third kappa shape index (κ3) is 5.42. The van der Waals surface area contributed by atoms with E-state index in [-0.39, 0.29) is 30.8 Å². The number of benzene rings is 1. The van der Waals surface area contributed by atoms with Crippen LogP contribution in [-0.4, -0.2) is 50.8 Å². The van der Waals surface area contributed by atoms with Crippen molar-refractivity contribution in [1.82, 2.24) is 14.9 Å². The number of furan rings is 1. The summed E-state index contributed by atoms with van der Waals surface area (Å²) in [5, 5.41) is 2.82. The van der Waals surface area contributed by atoms with E-state index in [1.54, 1.807) is 11.0 Å². The van der Waals surface area contributed by atoms with E-state index >= 15 is 0 Å². The number of nitrogens with zero attached hydrogens (tertiary/aromatic N) is 1. The molecule has 3 rings (SSSR count). The fourth-order valence-corrected chi connectivity index (χ4v) is 4.17. The van der Waals surface area contributed by atoms with Crippen molar-refractivity contribution in [3.05, 3.63) is 54.0 Å². The molecule has 1 aliphatic rings. The van der Waals surface area contributed by atoms with Gasteiger partial charge in [0.25, 0.3) is 5.91 Å². The number of nitrogens with one attached hydrogen (secondary N) is 2. The largest absolute Gasteiger partial charge is 0.472 e. The molecule has 30 heavy (non-hydrogen) atoms. The van der Waals surface area contributed by atoms with Crippen LogP contribution in [0.25, 0.3) is 0 Å². The number of carbonyl (C=O) groups is 2. The smallest absolute Gasteiger partial charge is 0.257 e. The van der Waals surface area contributed by atoms with E-state index in [2.05, 4.69) is 10.0 Å². The van der Waals surface area contributed by atoms with Crippen molar-refractivity contribution in [1.29, 1.82) is 0 Å². The molecular weight excluding hydrogens is 420 g/mol. The highest BCUT2D eigenvalue weighted by atomic mass is 32.2. The standard InChI is InChI=1S/C19H21F2N3O5S/c20-16-2-1-15(11-17(16)21)30(27,28)22-7-3-18(25)23-14-4-8-24(9-5-14)19(26)13-6-10-29-12-13/h1-2,6,10-12,14,22H,3-5,7-9H2,(H,23,25). The quantitative estimate of drug-likeness (QED) is 0.679. The van der Waals surface area contributed by atoms with E-state index in [1.807, 2.05) is 0 Å². The lowest BCUT2D eigenvalue weighted by atomic mass is 10.0. The molecule has 0 radical (unpaired) electrons. The lowest BCUT2D eigenvalue weighted by Crippen LogP contribution is -2.46. The van der Waals surface area contributed by atoms with Crippen LogP contribution in [0.2, 0.25) is 0 Å². The maximum Gasteiger partial charge on any atom is 0.257 e. The van der Waals surface area contributed by atoms with E-state index < -0.39 is 26.6 Å². The van der Waals surface area contributed by atoms with E-state index in [4.69, 9.17) is 4.42 Å². The van der Waals surface area contributed by atoms with Gasteiger partial charge in [0.05, 0.1) is 16.7 Å². The molecule has 2 amide bonds. The molecule has 11 heteroatoms. The van der Waals surface area contributed by atoms with E-state index in [0.717, 1.165) is 12.1 Å². The summed E-state index contributed by atoms with van der Waals surface area (Å²) in [5.74, 6) is -2.89. The Bertz CT molecular complexity index is 1000. The Kier molecular flexibility index (Phi) is 6.83. The minimum Gasteiger partial charge on any atom is -0.472 e. The summed E-state index contributed by atoms with van der Waals surface area (Å²) in [6, 6.07) is 3.72. The van der Waals surface area contributed by atoms with Crippen LogP contribution in [0.4, 0.5) is 8.78 Å². The molecule has 162 valence electrons. The van der Waals surface area contributed by atoms with Crippen molar-refractivity contribution < 1.29 is 31.2 Å². The van der Waals surface area contributed by atoms with Crippen LogP contribution in [-0.2, 0) is 14.8 Å². The Balaban J connectivity index is 1.41. The SMILES string of the molecule is O=C(CCNS(=O)(=O)c1ccc(F)c(F)c1)NC1CCN(C(=O)c2ccoc2)CC1. The molecule has 0 unspecified atom stereocenters. The molecule has 0 aliphatic carbocycles. The summed E-state index contributed by atoms with van der Waals surface area (Å²) in [6.07, 6.45) is 3.86. The molecule has 1 fully saturated rings. The number of sulfonamides is 1. The van der Waals surface area contributed by atoms with Gasteiger partial charge in [0, 0.05) is 32.1 Å². The summed E-state index contributed by atoms with van der Waals surface area (Å²) in [7, 11) is -4.06. The molecule has 0 bridgehead atoms.